The van der Waals surface area contributed by atoms with E-state index in [0.717, 1.165) is 0 Å². The number of carboxylic acids is 1. The number of carbonyl (C=O) groups is 2. The van der Waals surface area contributed by atoms with Crippen molar-refractivity contribution in [1.29, 1.82) is 0 Å². The van der Waals surface area contributed by atoms with E-state index in [9.17, 15) is 14.7 Å². The number of amides is 1. The Morgan fingerprint density at radius 3 is 2.17 bits per heavy atom. The Balaban J connectivity index is 0.00000162. The number of carbonyl (C=O) groups excluding carboxylic acids is 2. The van der Waals surface area contributed by atoms with Gasteiger partial charge in [0.2, 0.25) is 5.95 Å². The van der Waals surface area contributed by atoms with Crippen LogP contribution < -0.4 is 39.6 Å². The topological polar surface area (TPSA) is 89.5 Å². The molecule has 0 atom stereocenters. The number of piperazine rings is 1. The smallest absolute Gasteiger partial charge is 0.540 e. The fourth-order valence-electron chi connectivity index (χ4n) is 1.69. The Morgan fingerprint density at radius 2 is 1.67 bits per heavy atom. The van der Waals surface area contributed by atoms with E-state index in [2.05, 4.69) is 9.97 Å². The molecule has 8 heteroatoms. The Bertz CT molecular complexity index is 420. The van der Waals surface area contributed by atoms with Crippen molar-refractivity contribution in [1.82, 2.24) is 14.9 Å². The number of aliphatic carboxylic acids is 1. The largest absolute Gasteiger partial charge is 1.00 e. The Kier molecular flexibility index (Phi) is 5.52. The second-order valence-electron chi connectivity index (χ2n) is 3.62. The first kappa shape index (κ1) is 14.9. The maximum Gasteiger partial charge on any atom is 1.00 e. The number of anilines is 1. The number of aromatic nitrogens is 2. The molecule has 1 saturated heterocycles. The molecule has 1 aliphatic rings. The van der Waals surface area contributed by atoms with Crippen molar-refractivity contribution in [2.24, 2.45) is 0 Å². The van der Waals surface area contributed by atoms with E-state index in [4.69, 9.17) is 0 Å². The van der Waals surface area contributed by atoms with Crippen molar-refractivity contribution in [2.75, 3.05) is 31.1 Å². The van der Waals surface area contributed by atoms with Gasteiger partial charge in [-0.2, -0.15) is 0 Å². The number of carboxylic acid groups (broad SMARTS) is 1. The second kappa shape index (κ2) is 6.67. The van der Waals surface area contributed by atoms with Gasteiger partial charge in [0.15, 0.2) is 0 Å². The van der Waals surface area contributed by atoms with E-state index in [0.29, 0.717) is 32.1 Å². The van der Waals surface area contributed by atoms with Crippen molar-refractivity contribution in [2.45, 2.75) is 0 Å². The van der Waals surface area contributed by atoms with Gasteiger partial charge in [0.05, 0.1) is 0 Å². The summed E-state index contributed by atoms with van der Waals surface area (Å²) < 4.78 is 0. The Morgan fingerprint density at radius 1 is 1.11 bits per heavy atom. The van der Waals surface area contributed by atoms with E-state index in [1.807, 2.05) is 4.90 Å². The molecule has 0 bridgehead atoms. The molecule has 1 aliphatic heterocycles. The van der Waals surface area contributed by atoms with Crippen LogP contribution in [0.25, 0.3) is 0 Å². The first-order valence-corrected chi connectivity index (χ1v) is 5.20. The Hall–Kier alpha value is -1.18. The number of nitrogens with zero attached hydrogens (tertiary/aromatic N) is 4. The van der Waals surface area contributed by atoms with Crippen LogP contribution in [0.15, 0.2) is 18.5 Å². The molecule has 18 heavy (non-hydrogen) atoms. The molecule has 0 unspecified atom stereocenters. The minimum atomic E-state index is -1.66. The first-order valence-electron chi connectivity index (χ1n) is 5.20. The van der Waals surface area contributed by atoms with Crippen LogP contribution in [0.5, 0.6) is 0 Å². The standard InChI is InChI=1S/C10H12N4O3.Na/c15-8(9(16)17)13-4-6-14(7-5-13)10-11-2-1-3-12-10;/h1-3H,4-7H2,(H,16,17);/q;+1/p-1. The van der Waals surface area contributed by atoms with E-state index in [-0.39, 0.29) is 29.6 Å². The van der Waals surface area contributed by atoms with Crippen molar-refractivity contribution < 1.29 is 44.3 Å². The predicted octanol–water partition coefficient (Wildman–Crippen LogP) is -5.12. The van der Waals surface area contributed by atoms with Crippen LogP contribution in [0, 0.1) is 0 Å². The second-order valence-corrected chi connectivity index (χ2v) is 3.62. The minimum absolute atomic E-state index is 0. The molecule has 2 heterocycles. The summed E-state index contributed by atoms with van der Waals surface area (Å²) in [4.78, 5) is 32.9. The zero-order valence-electron chi connectivity index (χ0n) is 10.1. The summed E-state index contributed by atoms with van der Waals surface area (Å²) in [6.07, 6.45) is 3.28. The summed E-state index contributed by atoms with van der Waals surface area (Å²) >= 11 is 0. The third kappa shape index (κ3) is 3.41. The number of hydrogen-bond donors (Lipinski definition) is 0. The molecule has 0 radical (unpaired) electrons. The minimum Gasteiger partial charge on any atom is -0.540 e. The quantitative estimate of drug-likeness (QED) is 0.370. The average Bonchev–Trinajstić information content (AvgIpc) is 2.39. The van der Waals surface area contributed by atoms with Crippen LogP contribution in [-0.2, 0) is 9.59 Å². The van der Waals surface area contributed by atoms with Crippen molar-refractivity contribution in [3.05, 3.63) is 18.5 Å². The predicted molar refractivity (Wildman–Crippen MR) is 55.8 cm³/mol. The molecule has 0 spiro atoms. The third-order valence-electron chi connectivity index (χ3n) is 2.58. The van der Waals surface area contributed by atoms with Crippen molar-refractivity contribution in [3.8, 4) is 0 Å². The van der Waals surface area contributed by atoms with Gasteiger partial charge in [0, 0.05) is 38.6 Å². The molecular weight excluding hydrogens is 247 g/mol. The maximum atomic E-state index is 11.2. The first-order chi connectivity index (χ1) is 8.18. The molecule has 1 amide bonds. The fourth-order valence-corrected chi connectivity index (χ4v) is 1.69. The van der Waals surface area contributed by atoms with Gasteiger partial charge in [-0.15, -0.1) is 0 Å². The van der Waals surface area contributed by atoms with E-state index >= 15 is 0 Å². The van der Waals surface area contributed by atoms with Crippen LogP contribution in [0.2, 0.25) is 0 Å². The van der Waals surface area contributed by atoms with Crippen molar-refractivity contribution >= 4 is 17.8 Å². The van der Waals surface area contributed by atoms with Gasteiger partial charge in [-0.1, -0.05) is 0 Å². The zero-order valence-corrected chi connectivity index (χ0v) is 12.1. The molecule has 0 aliphatic carbocycles. The molecule has 2 rings (SSSR count). The third-order valence-corrected chi connectivity index (χ3v) is 2.58. The van der Waals surface area contributed by atoms with Crippen LogP contribution in [-0.4, -0.2) is 52.9 Å². The fraction of sp³-hybridized carbons (Fsp3) is 0.400. The SMILES string of the molecule is O=C([O-])C(=O)N1CCN(c2ncccn2)CC1.[Na+]. The van der Waals surface area contributed by atoms with Gasteiger partial charge < -0.3 is 19.7 Å². The number of rotatable bonds is 1. The van der Waals surface area contributed by atoms with Gasteiger partial charge in [-0.05, 0) is 6.07 Å². The van der Waals surface area contributed by atoms with Gasteiger partial charge in [0.1, 0.15) is 5.97 Å². The normalized spacial score (nSPS) is 14.9. The summed E-state index contributed by atoms with van der Waals surface area (Å²) in [5.41, 5.74) is 0. The zero-order chi connectivity index (χ0) is 12.3. The molecule has 1 aromatic heterocycles. The summed E-state index contributed by atoms with van der Waals surface area (Å²) in [6.45, 7) is 1.71. The molecule has 0 saturated carbocycles. The van der Waals surface area contributed by atoms with Gasteiger partial charge >= 0.3 is 29.6 Å². The van der Waals surface area contributed by atoms with Gasteiger partial charge in [-0.3, -0.25) is 4.79 Å². The van der Waals surface area contributed by atoms with Crippen LogP contribution in [0.3, 0.4) is 0 Å². The van der Waals surface area contributed by atoms with Crippen LogP contribution in [0.4, 0.5) is 5.95 Å². The summed E-state index contributed by atoms with van der Waals surface area (Å²) in [6, 6.07) is 1.72. The summed E-state index contributed by atoms with van der Waals surface area (Å²) in [5.74, 6) is -2.03. The number of hydrogen-bond acceptors (Lipinski definition) is 6. The monoisotopic (exact) mass is 258 g/mol. The summed E-state index contributed by atoms with van der Waals surface area (Å²) in [7, 11) is 0. The van der Waals surface area contributed by atoms with Gasteiger partial charge in [-0.25, -0.2) is 9.97 Å². The van der Waals surface area contributed by atoms with E-state index < -0.39 is 11.9 Å². The van der Waals surface area contributed by atoms with E-state index in [1.54, 1.807) is 18.5 Å². The molecule has 7 nitrogen and oxygen atoms in total. The van der Waals surface area contributed by atoms with E-state index in [1.165, 1.54) is 4.90 Å². The van der Waals surface area contributed by atoms with Gasteiger partial charge in [0.25, 0.3) is 5.91 Å². The molecule has 0 aromatic carbocycles. The molecular formula is C10H11N4NaO3. The van der Waals surface area contributed by atoms with Crippen LogP contribution >= 0.6 is 0 Å². The molecule has 1 fully saturated rings. The molecule has 90 valence electrons. The average molecular weight is 258 g/mol. The van der Waals surface area contributed by atoms with Crippen molar-refractivity contribution in [3.63, 3.8) is 0 Å². The molecule has 0 N–H and O–H groups in total. The summed E-state index contributed by atoms with van der Waals surface area (Å²) in [5, 5.41) is 10.4. The molecule has 1 aromatic rings. The maximum absolute atomic E-state index is 11.2. The Labute approximate surface area is 126 Å². The van der Waals surface area contributed by atoms with Crippen LogP contribution in [0.1, 0.15) is 0 Å².